The van der Waals surface area contributed by atoms with Crippen molar-refractivity contribution in [3.63, 3.8) is 0 Å². The van der Waals surface area contributed by atoms with Gasteiger partial charge < -0.3 is 4.42 Å². The molecule has 0 atom stereocenters. The number of aryl methyl sites for hydroxylation is 1. The van der Waals surface area contributed by atoms with Gasteiger partial charge in [0.15, 0.2) is 0 Å². The summed E-state index contributed by atoms with van der Waals surface area (Å²) in [7, 11) is 0. The van der Waals surface area contributed by atoms with Crippen LogP contribution in [-0.2, 0) is 11.2 Å². The van der Waals surface area contributed by atoms with Crippen molar-refractivity contribution >= 4 is 22.8 Å². The Morgan fingerprint density at radius 2 is 1.93 bits per heavy atom. The number of furan rings is 1. The van der Waals surface area contributed by atoms with Gasteiger partial charge in [-0.05, 0) is 53.2 Å². The molecule has 4 rings (SSSR count). The molecule has 0 aliphatic heterocycles. The lowest BCUT2D eigenvalue weighted by Gasteiger charge is -2.07. The van der Waals surface area contributed by atoms with Crippen molar-refractivity contribution in [2.75, 3.05) is 0 Å². The van der Waals surface area contributed by atoms with E-state index in [0.29, 0.717) is 11.3 Å². The average Bonchev–Trinajstić information content (AvgIpc) is 3.36. The van der Waals surface area contributed by atoms with Crippen LogP contribution in [-0.4, -0.2) is 32.0 Å². The SMILES string of the molecule is Cc1ccc2c(CC(=O)NNC(=O)c3ccc(-n4cnnn4)cc3)coc2c1. The largest absolute Gasteiger partial charge is 0.464 e. The van der Waals surface area contributed by atoms with Gasteiger partial charge in [-0.25, -0.2) is 4.68 Å². The lowest BCUT2D eigenvalue weighted by Crippen LogP contribution is -2.42. The maximum atomic E-state index is 12.2. The summed E-state index contributed by atoms with van der Waals surface area (Å²) in [5.74, 6) is -0.772. The highest BCUT2D eigenvalue weighted by Gasteiger charge is 2.12. The number of tetrazole rings is 1. The van der Waals surface area contributed by atoms with E-state index >= 15 is 0 Å². The molecule has 2 N–H and O–H groups in total. The van der Waals surface area contributed by atoms with Gasteiger partial charge in [-0.15, -0.1) is 5.10 Å². The first kappa shape index (κ1) is 17.4. The molecule has 0 saturated heterocycles. The summed E-state index contributed by atoms with van der Waals surface area (Å²) in [5.41, 5.74) is 8.50. The van der Waals surface area contributed by atoms with Gasteiger partial charge >= 0.3 is 0 Å². The van der Waals surface area contributed by atoms with E-state index in [2.05, 4.69) is 26.4 Å². The maximum Gasteiger partial charge on any atom is 0.269 e. The van der Waals surface area contributed by atoms with Gasteiger partial charge in [-0.3, -0.25) is 20.4 Å². The van der Waals surface area contributed by atoms with Crippen molar-refractivity contribution in [1.82, 2.24) is 31.1 Å². The second kappa shape index (κ2) is 7.31. The van der Waals surface area contributed by atoms with Crippen LogP contribution < -0.4 is 10.9 Å². The smallest absolute Gasteiger partial charge is 0.269 e. The molecule has 140 valence electrons. The number of benzene rings is 2. The van der Waals surface area contributed by atoms with Crippen molar-refractivity contribution in [3.05, 3.63) is 71.7 Å². The van der Waals surface area contributed by atoms with Crippen LogP contribution >= 0.6 is 0 Å². The standard InChI is InChI=1S/C19H16N6O3/c1-12-2-7-16-14(10-28-17(16)8-12)9-18(26)21-22-19(27)13-3-5-15(6-4-13)25-11-20-23-24-25/h2-8,10-11H,9H2,1H3,(H,21,26)(H,22,27). The van der Waals surface area contributed by atoms with Gasteiger partial charge in [-0.1, -0.05) is 12.1 Å². The van der Waals surface area contributed by atoms with E-state index in [0.717, 1.165) is 22.1 Å². The summed E-state index contributed by atoms with van der Waals surface area (Å²) in [4.78, 5) is 24.4. The maximum absolute atomic E-state index is 12.2. The number of nitrogens with one attached hydrogen (secondary N) is 2. The molecule has 0 radical (unpaired) electrons. The van der Waals surface area contributed by atoms with E-state index < -0.39 is 5.91 Å². The lowest BCUT2D eigenvalue weighted by molar-refractivity contribution is -0.121. The van der Waals surface area contributed by atoms with Gasteiger partial charge in [0, 0.05) is 16.5 Å². The molecule has 0 bridgehead atoms. The van der Waals surface area contributed by atoms with Crippen LogP contribution in [0.1, 0.15) is 21.5 Å². The van der Waals surface area contributed by atoms with Gasteiger partial charge in [0.2, 0.25) is 5.91 Å². The lowest BCUT2D eigenvalue weighted by atomic mass is 10.1. The minimum atomic E-state index is -0.427. The van der Waals surface area contributed by atoms with E-state index in [-0.39, 0.29) is 12.3 Å². The fourth-order valence-electron chi connectivity index (χ4n) is 2.79. The van der Waals surface area contributed by atoms with Crippen LogP contribution in [0.15, 0.2) is 59.5 Å². The van der Waals surface area contributed by atoms with Crippen molar-refractivity contribution in [1.29, 1.82) is 0 Å². The fraction of sp³-hybridized carbons (Fsp3) is 0.105. The Kier molecular flexibility index (Phi) is 4.55. The molecule has 0 unspecified atom stereocenters. The monoisotopic (exact) mass is 376 g/mol. The summed E-state index contributed by atoms with van der Waals surface area (Å²) < 4.78 is 6.96. The number of aromatic nitrogens is 4. The van der Waals surface area contributed by atoms with Crippen LogP contribution in [0, 0.1) is 6.92 Å². The molecule has 2 aromatic carbocycles. The third-order valence-electron chi connectivity index (χ3n) is 4.22. The normalized spacial score (nSPS) is 10.8. The van der Waals surface area contributed by atoms with Gasteiger partial charge in [0.1, 0.15) is 11.9 Å². The number of hydrazine groups is 1. The Morgan fingerprint density at radius 1 is 1.11 bits per heavy atom. The van der Waals surface area contributed by atoms with Crippen LogP contribution in [0.4, 0.5) is 0 Å². The predicted molar refractivity (Wildman–Crippen MR) is 99.4 cm³/mol. The fourth-order valence-corrected chi connectivity index (χ4v) is 2.79. The van der Waals surface area contributed by atoms with Gasteiger partial charge in [0.25, 0.3) is 5.91 Å². The van der Waals surface area contributed by atoms with Gasteiger partial charge in [-0.2, -0.15) is 0 Å². The number of hydrogen-bond donors (Lipinski definition) is 2. The van der Waals surface area contributed by atoms with E-state index in [1.807, 2.05) is 25.1 Å². The Bertz CT molecular complexity index is 1130. The number of carbonyl (C=O) groups excluding carboxylic acids is 2. The van der Waals surface area contributed by atoms with Crippen molar-refractivity contribution in [2.45, 2.75) is 13.3 Å². The van der Waals surface area contributed by atoms with E-state index in [1.54, 1.807) is 30.5 Å². The van der Waals surface area contributed by atoms with Crippen LogP contribution in [0.3, 0.4) is 0 Å². The minimum Gasteiger partial charge on any atom is -0.464 e. The van der Waals surface area contributed by atoms with Crippen molar-refractivity contribution in [2.24, 2.45) is 0 Å². The summed E-state index contributed by atoms with van der Waals surface area (Å²) in [6.07, 6.45) is 3.11. The molecule has 2 aromatic heterocycles. The Hall–Kier alpha value is -4.01. The Balaban J connectivity index is 1.35. The van der Waals surface area contributed by atoms with Crippen molar-refractivity contribution in [3.8, 4) is 5.69 Å². The molecule has 9 nitrogen and oxygen atoms in total. The molecular formula is C19H16N6O3. The number of carbonyl (C=O) groups is 2. The van der Waals surface area contributed by atoms with E-state index in [1.165, 1.54) is 11.0 Å². The number of rotatable bonds is 4. The minimum absolute atomic E-state index is 0.0918. The summed E-state index contributed by atoms with van der Waals surface area (Å²) in [5, 5.41) is 11.8. The molecule has 2 amide bonds. The first-order valence-electron chi connectivity index (χ1n) is 8.49. The molecular weight excluding hydrogens is 360 g/mol. The van der Waals surface area contributed by atoms with Gasteiger partial charge in [0.05, 0.1) is 18.4 Å². The van der Waals surface area contributed by atoms with E-state index in [9.17, 15) is 9.59 Å². The zero-order valence-corrected chi connectivity index (χ0v) is 14.9. The molecule has 0 spiro atoms. The average molecular weight is 376 g/mol. The molecule has 0 aliphatic rings. The third kappa shape index (κ3) is 3.58. The van der Waals surface area contributed by atoms with Crippen LogP contribution in [0.25, 0.3) is 16.7 Å². The zero-order chi connectivity index (χ0) is 19.5. The predicted octanol–water partition coefficient (Wildman–Crippen LogP) is 1.72. The molecule has 4 aromatic rings. The summed E-state index contributed by atoms with van der Waals surface area (Å²) in [6, 6.07) is 12.4. The number of hydrogen-bond acceptors (Lipinski definition) is 6. The number of amides is 2. The summed E-state index contributed by atoms with van der Waals surface area (Å²) >= 11 is 0. The third-order valence-corrected chi connectivity index (χ3v) is 4.22. The highest BCUT2D eigenvalue weighted by molar-refractivity contribution is 5.96. The molecule has 9 heteroatoms. The molecule has 0 aliphatic carbocycles. The second-order valence-electron chi connectivity index (χ2n) is 6.24. The quantitative estimate of drug-likeness (QED) is 0.524. The van der Waals surface area contributed by atoms with Crippen molar-refractivity contribution < 1.29 is 14.0 Å². The molecule has 28 heavy (non-hydrogen) atoms. The number of nitrogens with zero attached hydrogens (tertiary/aromatic N) is 4. The van der Waals surface area contributed by atoms with Crippen LogP contribution in [0.5, 0.6) is 0 Å². The Morgan fingerprint density at radius 3 is 2.68 bits per heavy atom. The first-order valence-corrected chi connectivity index (χ1v) is 8.49. The Labute approximate surface area is 159 Å². The van der Waals surface area contributed by atoms with Crippen LogP contribution in [0.2, 0.25) is 0 Å². The molecule has 2 heterocycles. The van der Waals surface area contributed by atoms with E-state index in [4.69, 9.17) is 4.42 Å². The first-order chi connectivity index (χ1) is 13.6. The zero-order valence-electron chi connectivity index (χ0n) is 14.9. The molecule has 0 fully saturated rings. The highest BCUT2D eigenvalue weighted by Crippen LogP contribution is 2.22. The summed E-state index contributed by atoms with van der Waals surface area (Å²) in [6.45, 7) is 1.97. The number of fused-ring (bicyclic) bond motifs is 1. The topological polar surface area (TPSA) is 115 Å². The second-order valence-corrected chi connectivity index (χ2v) is 6.24. The highest BCUT2D eigenvalue weighted by atomic mass is 16.3. The molecule has 0 saturated carbocycles.